The molecule has 1 N–H and O–H groups in total. The molecule has 9 nitrogen and oxygen atoms in total. The monoisotopic (exact) mass is 576 g/mol. The molecule has 2 aliphatic rings. The molecular formula is C32H56N4O5. The summed E-state index contributed by atoms with van der Waals surface area (Å²) in [7, 11) is 1.74. The van der Waals surface area contributed by atoms with Gasteiger partial charge in [0.25, 0.3) is 0 Å². The average molecular weight is 577 g/mol. The van der Waals surface area contributed by atoms with E-state index in [0.717, 1.165) is 32.2 Å². The van der Waals surface area contributed by atoms with Crippen LogP contribution in [0.5, 0.6) is 0 Å². The topological polar surface area (TPSA) is 99.3 Å². The molecule has 4 atom stereocenters. The predicted molar refractivity (Wildman–Crippen MR) is 162 cm³/mol. The van der Waals surface area contributed by atoms with E-state index in [1.807, 2.05) is 54.5 Å². The molecule has 0 radical (unpaired) electrons. The zero-order chi connectivity index (χ0) is 31.2. The molecule has 234 valence electrons. The van der Waals surface area contributed by atoms with Crippen LogP contribution in [0.1, 0.15) is 101 Å². The molecule has 0 aromatic carbocycles. The lowest BCUT2D eigenvalue weighted by Gasteiger charge is -2.39. The van der Waals surface area contributed by atoms with Gasteiger partial charge < -0.3 is 19.9 Å². The van der Waals surface area contributed by atoms with Gasteiger partial charge in [-0.25, -0.2) is 4.79 Å². The van der Waals surface area contributed by atoms with Crippen LogP contribution in [0.3, 0.4) is 0 Å². The largest absolute Gasteiger partial charge is 0.458 e. The average Bonchev–Trinajstić information content (AvgIpc) is 3.37. The van der Waals surface area contributed by atoms with Gasteiger partial charge in [0.15, 0.2) is 0 Å². The van der Waals surface area contributed by atoms with Crippen LogP contribution in [0.25, 0.3) is 0 Å². The first-order valence-corrected chi connectivity index (χ1v) is 15.5. The maximum atomic E-state index is 13.9. The summed E-state index contributed by atoms with van der Waals surface area (Å²) in [5.74, 6) is -0.959. The maximum absolute atomic E-state index is 13.9. The van der Waals surface area contributed by atoms with Crippen molar-refractivity contribution >= 4 is 23.7 Å². The van der Waals surface area contributed by atoms with Gasteiger partial charge in [0.05, 0.1) is 12.1 Å². The molecule has 1 unspecified atom stereocenters. The SMILES string of the molecule is C/C(=C\[C@H](C(C)C)N(C)C(=O)[C@@H](NC(=O)[C@H]1CCCCN1C(C)C)C(C)C)C(=O)N1CCCC1C(=O)OC(C)(C)C. The van der Waals surface area contributed by atoms with Crippen LogP contribution in [-0.4, -0.2) is 94.3 Å². The van der Waals surface area contributed by atoms with Crippen LogP contribution in [0.4, 0.5) is 0 Å². The lowest BCUT2D eigenvalue weighted by atomic mass is 9.95. The van der Waals surface area contributed by atoms with Crippen molar-refractivity contribution in [2.75, 3.05) is 20.1 Å². The Balaban J connectivity index is 2.22. The third-order valence-electron chi connectivity index (χ3n) is 8.17. The van der Waals surface area contributed by atoms with Crippen LogP contribution in [0.15, 0.2) is 11.6 Å². The highest BCUT2D eigenvalue weighted by molar-refractivity contribution is 5.96. The molecule has 0 bridgehead atoms. The number of hydrogen-bond acceptors (Lipinski definition) is 6. The van der Waals surface area contributed by atoms with Gasteiger partial charge in [0.2, 0.25) is 17.7 Å². The number of likely N-dealkylation sites (N-methyl/N-ethyl adjacent to an activating group) is 1. The minimum absolute atomic E-state index is 0.0187. The van der Waals surface area contributed by atoms with E-state index in [2.05, 4.69) is 24.1 Å². The first-order chi connectivity index (χ1) is 19.0. The van der Waals surface area contributed by atoms with Crippen LogP contribution >= 0.6 is 0 Å². The quantitative estimate of drug-likeness (QED) is 0.310. The minimum Gasteiger partial charge on any atom is -0.458 e. The summed E-state index contributed by atoms with van der Waals surface area (Å²) in [6.07, 6.45) is 6.01. The summed E-state index contributed by atoms with van der Waals surface area (Å²) in [5.41, 5.74) is -0.143. The molecule has 0 spiro atoms. The van der Waals surface area contributed by atoms with Gasteiger partial charge in [-0.05, 0) is 85.6 Å². The number of amides is 3. The smallest absolute Gasteiger partial charge is 0.329 e. The van der Waals surface area contributed by atoms with Crippen LogP contribution in [0.2, 0.25) is 0 Å². The van der Waals surface area contributed by atoms with E-state index in [0.29, 0.717) is 18.5 Å². The standard InChI is InChI=1S/C32H56N4O5/c1-20(2)26(19-23(7)29(38)36-18-14-16-25(36)31(40)41-32(8,9)10)34(11)30(39)27(21(3)4)33-28(37)24-15-12-13-17-35(24)22(5)6/h19-22,24-27H,12-18H2,1-11H3,(H,33,37)/b23-19+/t24-,25?,26-,27+/m1/s1. The molecule has 2 rings (SSSR count). The van der Waals surface area contributed by atoms with E-state index >= 15 is 0 Å². The summed E-state index contributed by atoms with van der Waals surface area (Å²) in [6.45, 7) is 20.7. The summed E-state index contributed by atoms with van der Waals surface area (Å²) >= 11 is 0. The van der Waals surface area contributed by atoms with Gasteiger partial charge in [0.1, 0.15) is 17.7 Å². The Morgan fingerprint density at radius 3 is 2.05 bits per heavy atom. The third-order valence-corrected chi connectivity index (χ3v) is 8.17. The van der Waals surface area contributed by atoms with Crippen molar-refractivity contribution in [2.45, 2.75) is 137 Å². The number of piperidine rings is 1. The van der Waals surface area contributed by atoms with E-state index in [4.69, 9.17) is 4.74 Å². The third kappa shape index (κ3) is 9.29. The van der Waals surface area contributed by atoms with Crippen molar-refractivity contribution in [1.29, 1.82) is 0 Å². The molecule has 9 heteroatoms. The molecule has 2 heterocycles. The van der Waals surface area contributed by atoms with Crippen LogP contribution in [-0.2, 0) is 23.9 Å². The summed E-state index contributed by atoms with van der Waals surface area (Å²) in [4.78, 5) is 59.1. The number of ether oxygens (including phenoxy) is 1. The number of carbonyl (C=O) groups excluding carboxylic acids is 4. The Labute approximate surface area is 248 Å². The van der Waals surface area contributed by atoms with Gasteiger partial charge in [-0.15, -0.1) is 0 Å². The van der Waals surface area contributed by atoms with E-state index in [1.54, 1.807) is 23.8 Å². The Hall–Kier alpha value is -2.42. The fourth-order valence-electron chi connectivity index (χ4n) is 5.91. The van der Waals surface area contributed by atoms with E-state index in [-0.39, 0.29) is 53.7 Å². The molecule has 41 heavy (non-hydrogen) atoms. The highest BCUT2D eigenvalue weighted by Gasteiger charge is 2.39. The fourth-order valence-corrected chi connectivity index (χ4v) is 5.91. The summed E-state index contributed by atoms with van der Waals surface area (Å²) in [6, 6.07) is -1.63. The Kier molecular flexibility index (Phi) is 12.4. The van der Waals surface area contributed by atoms with Gasteiger partial charge in [-0.3, -0.25) is 19.3 Å². The summed E-state index contributed by atoms with van der Waals surface area (Å²) in [5, 5.41) is 3.08. The molecule has 2 saturated heterocycles. The number of esters is 1. The highest BCUT2D eigenvalue weighted by Crippen LogP contribution is 2.25. The van der Waals surface area contributed by atoms with Gasteiger partial charge in [0, 0.05) is 25.2 Å². The second-order valence-electron chi connectivity index (χ2n) is 13.8. The Morgan fingerprint density at radius 1 is 0.902 bits per heavy atom. The van der Waals surface area contributed by atoms with E-state index in [1.165, 1.54) is 0 Å². The fraction of sp³-hybridized carbons (Fsp3) is 0.812. The van der Waals surface area contributed by atoms with Crippen molar-refractivity contribution in [3.05, 3.63) is 11.6 Å². The second-order valence-corrected chi connectivity index (χ2v) is 13.8. The minimum atomic E-state index is -0.677. The van der Waals surface area contributed by atoms with Crippen molar-refractivity contribution in [3.63, 3.8) is 0 Å². The zero-order valence-corrected chi connectivity index (χ0v) is 27.5. The molecule has 0 saturated carbocycles. The number of likely N-dealkylation sites (tertiary alicyclic amines) is 2. The first-order valence-electron chi connectivity index (χ1n) is 15.5. The molecular weight excluding hydrogens is 520 g/mol. The molecule has 3 amide bonds. The van der Waals surface area contributed by atoms with E-state index < -0.39 is 17.7 Å². The lowest BCUT2D eigenvalue weighted by Crippen LogP contribution is -2.58. The number of rotatable bonds is 10. The molecule has 2 aliphatic heterocycles. The van der Waals surface area contributed by atoms with Gasteiger partial charge in [-0.1, -0.05) is 40.2 Å². The first kappa shape index (κ1) is 34.8. The van der Waals surface area contributed by atoms with Gasteiger partial charge in [-0.2, -0.15) is 0 Å². The number of nitrogens with zero attached hydrogens (tertiary/aromatic N) is 3. The van der Waals surface area contributed by atoms with Crippen molar-refractivity contribution in [1.82, 2.24) is 20.0 Å². The zero-order valence-electron chi connectivity index (χ0n) is 27.5. The Bertz CT molecular complexity index is 968. The Morgan fingerprint density at radius 2 is 1.51 bits per heavy atom. The molecule has 0 aromatic heterocycles. The van der Waals surface area contributed by atoms with Crippen LogP contribution in [0, 0.1) is 11.8 Å². The summed E-state index contributed by atoms with van der Waals surface area (Å²) < 4.78 is 5.57. The number of carbonyl (C=O) groups is 4. The number of hydrogen-bond donors (Lipinski definition) is 1. The predicted octanol–water partition coefficient (Wildman–Crippen LogP) is 4.15. The van der Waals surface area contributed by atoms with Crippen molar-refractivity contribution in [3.8, 4) is 0 Å². The molecule has 0 aliphatic carbocycles. The number of nitrogens with one attached hydrogen (secondary N) is 1. The maximum Gasteiger partial charge on any atom is 0.329 e. The van der Waals surface area contributed by atoms with Gasteiger partial charge >= 0.3 is 5.97 Å². The lowest BCUT2D eigenvalue weighted by molar-refractivity contribution is -0.162. The second kappa shape index (κ2) is 14.7. The molecule has 0 aromatic rings. The normalized spacial score (nSPS) is 22.2. The van der Waals surface area contributed by atoms with E-state index in [9.17, 15) is 19.2 Å². The van der Waals surface area contributed by atoms with Crippen molar-refractivity contribution in [2.24, 2.45) is 11.8 Å². The molecule has 2 fully saturated rings. The highest BCUT2D eigenvalue weighted by atomic mass is 16.6. The van der Waals surface area contributed by atoms with Crippen molar-refractivity contribution < 1.29 is 23.9 Å². The van der Waals surface area contributed by atoms with Crippen LogP contribution < -0.4 is 5.32 Å².